The Morgan fingerprint density at radius 2 is 2.07 bits per heavy atom. The molecule has 0 aromatic heterocycles. The van der Waals surface area contributed by atoms with E-state index in [4.69, 9.17) is 14.3 Å². The summed E-state index contributed by atoms with van der Waals surface area (Å²) < 4.78 is 11.8. The number of hydrogen-bond donors (Lipinski definition) is 0. The standard InChI is InChI=1S/C10H17NO3/c1-10(2)13-8-4-7-6(9(8)14-10)5-12-11(7)3/h6-9H,4-5H2,1-3H3. The lowest BCUT2D eigenvalue weighted by atomic mass is 10.0. The van der Waals surface area contributed by atoms with Crippen molar-refractivity contribution in [2.75, 3.05) is 13.7 Å². The van der Waals surface area contributed by atoms with Crippen LogP contribution in [0.25, 0.3) is 0 Å². The number of hydrogen-bond acceptors (Lipinski definition) is 4. The molecule has 2 heterocycles. The third kappa shape index (κ3) is 1.15. The summed E-state index contributed by atoms with van der Waals surface area (Å²) in [6, 6.07) is 0.487. The topological polar surface area (TPSA) is 30.9 Å². The zero-order valence-electron chi connectivity index (χ0n) is 8.90. The van der Waals surface area contributed by atoms with Crippen LogP contribution >= 0.6 is 0 Å². The number of nitrogens with zero attached hydrogens (tertiary/aromatic N) is 1. The molecular weight excluding hydrogens is 182 g/mol. The van der Waals surface area contributed by atoms with Gasteiger partial charge in [-0.2, -0.15) is 5.06 Å². The largest absolute Gasteiger partial charge is 0.345 e. The summed E-state index contributed by atoms with van der Waals surface area (Å²) in [4.78, 5) is 5.49. The lowest BCUT2D eigenvalue weighted by molar-refractivity contribution is -0.160. The minimum atomic E-state index is -0.401. The van der Waals surface area contributed by atoms with Crippen molar-refractivity contribution in [3.63, 3.8) is 0 Å². The van der Waals surface area contributed by atoms with Crippen molar-refractivity contribution in [1.82, 2.24) is 5.06 Å². The Bertz CT molecular complexity index is 256. The highest BCUT2D eigenvalue weighted by Gasteiger charge is 2.56. The van der Waals surface area contributed by atoms with Crippen LogP contribution in [0, 0.1) is 5.92 Å². The van der Waals surface area contributed by atoms with E-state index in [0.29, 0.717) is 12.0 Å². The SMILES string of the molecule is CN1OCC2C3OC(C)(C)OC3CC21. The van der Waals surface area contributed by atoms with E-state index in [0.717, 1.165) is 13.0 Å². The molecule has 4 heteroatoms. The molecule has 1 saturated carbocycles. The summed E-state index contributed by atoms with van der Waals surface area (Å²) in [6.45, 7) is 4.75. The fourth-order valence-corrected chi connectivity index (χ4v) is 2.96. The van der Waals surface area contributed by atoms with Crippen molar-refractivity contribution < 1.29 is 14.3 Å². The molecule has 0 aromatic rings. The summed E-state index contributed by atoms with van der Waals surface area (Å²) in [5, 5.41) is 1.96. The average molecular weight is 199 g/mol. The third-order valence-electron chi connectivity index (χ3n) is 3.55. The smallest absolute Gasteiger partial charge is 0.163 e. The summed E-state index contributed by atoms with van der Waals surface area (Å²) in [5.41, 5.74) is 0. The van der Waals surface area contributed by atoms with Gasteiger partial charge in [-0.05, 0) is 20.3 Å². The van der Waals surface area contributed by atoms with Crippen molar-refractivity contribution in [3.8, 4) is 0 Å². The van der Waals surface area contributed by atoms with Gasteiger partial charge in [-0.15, -0.1) is 0 Å². The normalized spacial score (nSPS) is 50.8. The summed E-state index contributed by atoms with van der Waals surface area (Å²) >= 11 is 0. The molecule has 3 rings (SSSR count). The van der Waals surface area contributed by atoms with Gasteiger partial charge in [0.2, 0.25) is 0 Å². The number of hydroxylamine groups is 2. The molecule has 4 unspecified atom stereocenters. The summed E-state index contributed by atoms with van der Waals surface area (Å²) in [5.74, 6) is 0.0911. The molecule has 0 aromatic carbocycles. The molecule has 0 spiro atoms. The Morgan fingerprint density at radius 1 is 1.29 bits per heavy atom. The third-order valence-corrected chi connectivity index (χ3v) is 3.55. The highest BCUT2D eigenvalue weighted by molar-refractivity contribution is 5.02. The predicted molar refractivity (Wildman–Crippen MR) is 49.4 cm³/mol. The van der Waals surface area contributed by atoms with Crippen molar-refractivity contribution in [3.05, 3.63) is 0 Å². The number of fused-ring (bicyclic) bond motifs is 3. The first-order valence-electron chi connectivity index (χ1n) is 5.28. The first-order chi connectivity index (χ1) is 6.57. The van der Waals surface area contributed by atoms with E-state index in [1.807, 2.05) is 26.0 Å². The Kier molecular flexibility index (Phi) is 1.75. The molecule has 0 bridgehead atoms. The Labute approximate surface area is 84.1 Å². The van der Waals surface area contributed by atoms with Gasteiger partial charge in [0.05, 0.1) is 18.8 Å². The highest BCUT2D eigenvalue weighted by Crippen LogP contribution is 2.45. The van der Waals surface area contributed by atoms with E-state index in [2.05, 4.69) is 0 Å². The molecule has 80 valence electrons. The minimum Gasteiger partial charge on any atom is -0.345 e. The highest BCUT2D eigenvalue weighted by atomic mass is 16.8. The molecule has 1 aliphatic carbocycles. The van der Waals surface area contributed by atoms with Crippen LogP contribution in [0.3, 0.4) is 0 Å². The lowest BCUT2D eigenvalue weighted by Crippen LogP contribution is -2.31. The minimum absolute atomic E-state index is 0.236. The van der Waals surface area contributed by atoms with Gasteiger partial charge in [-0.1, -0.05) is 0 Å². The average Bonchev–Trinajstić information content (AvgIpc) is 2.63. The van der Waals surface area contributed by atoms with Crippen molar-refractivity contribution in [2.24, 2.45) is 5.92 Å². The second-order valence-corrected chi connectivity index (χ2v) is 4.95. The summed E-state index contributed by atoms with van der Waals surface area (Å²) in [6.07, 6.45) is 1.54. The maximum absolute atomic E-state index is 5.91. The van der Waals surface area contributed by atoms with Gasteiger partial charge in [-0.25, -0.2) is 0 Å². The Balaban J connectivity index is 1.80. The lowest BCUT2D eigenvalue weighted by Gasteiger charge is -2.22. The molecule has 14 heavy (non-hydrogen) atoms. The van der Waals surface area contributed by atoms with E-state index in [9.17, 15) is 0 Å². The van der Waals surface area contributed by atoms with Crippen molar-refractivity contribution in [1.29, 1.82) is 0 Å². The van der Waals surface area contributed by atoms with Crippen LogP contribution in [0.5, 0.6) is 0 Å². The van der Waals surface area contributed by atoms with Gasteiger partial charge < -0.3 is 9.47 Å². The monoisotopic (exact) mass is 199 g/mol. The second-order valence-electron chi connectivity index (χ2n) is 4.95. The number of ether oxygens (including phenoxy) is 2. The Hall–Kier alpha value is -0.160. The maximum Gasteiger partial charge on any atom is 0.163 e. The zero-order valence-corrected chi connectivity index (χ0v) is 8.90. The van der Waals surface area contributed by atoms with Crippen molar-refractivity contribution >= 4 is 0 Å². The van der Waals surface area contributed by atoms with Gasteiger partial charge >= 0.3 is 0 Å². The van der Waals surface area contributed by atoms with Crippen molar-refractivity contribution in [2.45, 2.75) is 44.3 Å². The molecule has 3 aliphatic rings. The van der Waals surface area contributed by atoms with E-state index in [1.165, 1.54) is 0 Å². The molecule has 0 radical (unpaired) electrons. The van der Waals surface area contributed by atoms with E-state index in [1.54, 1.807) is 0 Å². The molecule has 2 aliphatic heterocycles. The molecule has 3 fully saturated rings. The van der Waals surface area contributed by atoms with Crippen LogP contribution in [0.1, 0.15) is 20.3 Å². The van der Waals surface area contributed by atoms with E-state index >= 15 is 0 Å². The van der Waals surface area contributed by atoms with Gasteiger partial charge in [0.1, 0.15) is 0 Å². The van der Waals surface area contributed by atoms with Crippen LogP contribution in [-0.4, -0.2) is 42.8 Å². The van der Waals surface area contributed by atoms with Crippen LogP contribution in [0.4, 0.5) is 0 Å². The van der Waals surface area contributed by atoms with Crippen LogP contribution in [-0.2, 0) is 14.3 Å². The zero-order chi connectivity index (χ0) is 9.92. The molecule has 2 saturated heterocycles. The van der Waals surface area contributed by atoms with E-state index in [-0.39, 0.29) is 12.2 Å². The van der Waals surface area contributed by atoms with Crippen LogP contribution < -0.4 is 0 Å². The van der Waals surface area contributed by atoms with Gasteiger partial charge in [-0.3, -0.25) is 4.84 Å². The quantitative estimate of drug-likeness (QED) is 0.576. The number of rotatable bonds is 0. The van der Waals surface area contributed by atoms with Crippen LogP contribution in [0.15, 0.2) is 0 Å². The first kappa shape index (κ1) is 9.09. The molecule has 4 atom stereocenters. The van der Waals surface area contributed by atoms with Crippen LogP contribution in [0.2, 0.25) is 0 Å². The maximum atomic E-state index is 5.91. The van der Waals surface area contributed by atoms with E-state index < -0.39 is 5.79 Å². The molecule has 4 nitrogen and oxygen atoms in total. The predicted octanol–water partition coefficient (Wildman–Crippen LogP) is 0.772. The van der Waals surface area contributed by atoms with Gasteiger partial charge in [0.25, 0.3) is 0 Å². The molecular formula is C10H17NO3. The first-order valence-corrected chi connectivity index (χ1v) is 5.28. The van der Waals surface area contributed by atoms with Gasteiger partial charge in [0.15, 0.2) is 5.79 Å². The fourth-order valence-electron chi connectivity index (χ4n) is 2.96. The van der Waals surface area contributed by atoms with Gasteiger partial charge in [0, 0.05) is 19.0 Å². The molecule has 0 N–H and O–H groups in total. The Morgan fingerprint density at radius 3 is 2.86 bits per heavy atom. The fraction of sp³-hybridized carbons (Fsp3) is 1.00. The second kappa shape index (κ2) is 2.70. The molecule has 0 amide bonds. The summed E-state index contributed by atoms with van der Waals surface area (Å²) in [7, 11) is 2.00.